The maximum Gasteiger partial charge on any atom is 0.246 e. The lowest BCUT2D eigenvalue weighted by atomic mass is 9.97. The van der Waals surface area contributed by atoms with E-state index in [0.29, 0.717) is 12.8 Å². The number of carbonyl (C=O) groups is 2. The highest BCUT2D eigenvalue weighted by atomic mass is 35.5. The molecule has 2 atom stereocenters. The monoisotopic (exact) mass is 463 g/mol. The quantitative estimate of drug-likeness (QED) is 0.649. The lowest BCUT2D eigenvalue weighted by molar-refractivity contribution is -0.131. The third-order valence-corrected chi connectivity index (χ3v) is 7.95. The molecule has 162 valence electrons. The van der Waals surface area contributed by atoms with Crippen LogP contribution < -0.4 is 10.6 Å². The van der Waals surface area contributed by atoms with Crippen LogP contribution in [0.5, 0.6) is 0 Å². The Morgan fingerprint density at radius 2 is 1.69 bits per heavy atom. The van der Waals surface area contributed by atoms with Crippen molar-refractivity contribution in [3.05, 3.63) is 28.2 Å². The number of sulfonamides is 1. The van der Waals surface area contributed by atoms with Crippen LogP contribution in [0.2, 0.25) is 10.0 Å². The second kappa shape index (κ2) is 10.1. The van der Waals surface area contributed by atoms with Crippen LogP contribution in [0.25, 0.3) is 0 Å². The first-order valence-electron chi connectivity index (χ1n) is 9.62. The van der Waals surface area contributed by atoms with Gasteiger partial charge in [-0.05, 0) is 45.2 Å². The van der Waals surface area contributed by atoms with Gasteiger partial charge in [0.05, 0.1) is 10.0 Å². The van der Waals surface area contributed by atoms with Crippen LogP contribution in [0.15, 0.2) is 23.1 Å². The van der Waals surface area contributed by atoms with Crippen molar-refractivity contribution in [3.63, 3.8) is 0 Å². The van der Waals surface area contributed by atoms with Gasteiger partial charge in [0.2, 0.25) is 21.8 Å². The van der Waals surface area contributed by atoms with Crippen LogP contribution in [-0.4, -0.2) is 49.7 Å². The third-order valence-electron chi connectivity index (χ3n) is 5.09. The highest BCUT2D eigenvalue weighted by Gasteiger charge is 2.35. The van der Waals surface area contributed by atoms with Crippen molar-refractivity contribution >= 4 is 45.0 Å². The molecule has 0 aliphatic carbocycles. The molecule has 29 heavy (non-hydrogen) atoms. The van der Waals surface area contributed by atoms with E-state index in [0.717, 1.165) is 6.42 Å². The number of hydrogen-bond acceptors (Lipinski definition) is 4. The second-order valence-electron chi connectivity index (χ2n) is 7.28. The Kier molecular flexibility index (Phi) is 8.34. The summed E-state index contributed by atoms with van der Waals surface area (Å²) in [7, 11) is -3.85. The summed E-state index contributed by atoms with van der Waals surface area (Å²) in [6, 6.07) is 3.92. The second-order valence-corrected chi connectivity index (χ2v) is 9.97. The van der Waals surface area contributed by atoms with Crippen LogP contribution in [0.1, 0.15) is 40.0 Å². The Labute approximate surface area is 182 Å². The summed E-state index contributed by atoms with van der Waals surface area (Å²) in [5, 5.41) is 5.68. The van der Waals surface area contributed by atoms with E-state index in [1.807, 2.05) is 13.8 Å². The standard InChI is InChI=1S/C19H27Cl2N3O4S/c1-4-12(2)22-18(25)13(3)23-19(26)14-8-10-24(11-9-14)29(27,28)17-15(20)6-5-7-16(17)21/h5-7,12-14H,4,8-11H2,1-3H3,(H,22,25)(H,23,26). The average molecular weight is 464 g/mol. The van der Waals surface area contributed by atoms with Gasteiger partial charge in [-0.25, -0.2) is 8.42 Å². The Hall–Kier alpha value is -1.35. The predicted octanol–water partition coefficient (Wildman–Crippen LogP) is 2.81. The van der Waals surface area contributed by atoms with Crippen molar-refractivity contribution in [1.29, 1.82) is 0 Å². The van der Waals surface area contributed by atoms with Gasteiger partial charge in [-0.1, -0.05) is 36.2 Å². The van der Waals surface area contributed by atoms with Crippen LogP contribution in [0, 0.1) is 5.92 Å². The first-order valence-corrected chi connectivity index (χ1v) is 11.8. The molecule has 2 N–H and O–H groups in total. The molecule has 1 aromatic carbocycles. The van der Waals surface area contributed by atoms with Gasteiger partial charge < -0.3 is 10.6 Å². The van der Waals surface area contributed by atoms with Gasteiger partial charge in [-0.3, -0.25) is 9.59 Å². The zero-order valence-corrected chi connectivity index (χ0v) is 19.1. The van der Waals surface area contributed by atoms with E-state index >= 15 is 0 Å². The fraction of sp³-hybridized carbons (Fsp3) is 0.579. The van der Waals surface area contributed by atoms with Crippen molar-refractivity contribution in [2.75, 3.05) is 13.1 Å². The van der Waals surface area contributed by atoms with Crippen molar-refractivity contribution in [3.8, 4) is 0 Å². The molecule has 1 aliphatic rings. The molecule has 7 nitrogen and oxygen atoms in total. The molecular weight excluding hydrogens is 437 g/mol. The van der Waals surface area contributed by atoms with Crippen molar-refractivity contribution in [1.82, 2.24) is 14.9 Å². The van der Waals surface area contributed by atoms with Crippen molar-refractivity contribution in [2.24, 2.45) is 5.92 Å². The van der Waals surface area contributed by atoms with Gasteiger partial charge in [0.25, 0.3) is 0 Å². The molecule has 2 unspecified atom stereocenters. The van der Waals surface area contributed by atoms with Crippen LogP contribution in [0.4, 0.5) is 0 Å². The Morgan fingerprint density at radius 1 is 1.14 bits per heavy atom. The Morgan fingerprint density at radius 3 is 2.21 bits per heavy atom. The molecular formula is C19H27Cl2N3O4S. The molecule has 1 heterocycles. The third kappa shape index (κ3) is 5.84. The summed E-state index contributed by atoms with van der Waals surface area (Å²) in [6.07, 6.45) is 1.51. The molecule has 2 rings (SSSR count). The lowest BCUT2D eigenvalue weighted by Crippen LogP contribution is -2.50. The number of nitrogens with zero attached hydrogens (tertiary/aromatic N) is 1. The van der Waals surface area contributed by atoms with Crippen molar-refractivity contribution in [2.45, 2.75) is 57.0 Å². The molecule has 1 aromatic rings. The zero-order chi connectivity index (χ0) is 21.8. The maximum absolute atomic E-state index is 12.9. The normalized spacial score (nSPS) is 18.1. The molecule has 1 saturated heterocycles. The van der Waals surface area contributed by atoms with E-state index in [-0.39, 0.29) is 51.8 Å². The average Bonchev–Trinajstić information content (AvgIpc) is 2.67. The summed E-state index contributed by atoms with van der Waals surface area (Å²) in [5.74, 6) is -0.840. The van der Waals surface area contributed by atoms with Crippen LogP contribution in [-0.2, 0) is 19.6 Å². The first kappa shape index (κ1) is 23.9. The predicted molar refractivity (Wildman–Crippen MR) is 113 cm³/mol. The number of piperidine rings is 1. The van der Waals surface area contributed by atoms with Crippen LogP contribution >= 0.6 is 23.2 Å². The number of nitrogens with one attached hydrogen (secondary N) is 2. The highest BCUT2D eigenvalue weighted by molar-refractivity contribution is 7.89. The highest BCUT2D eigenvalue weighted by Crippen LogP contribution is 2.33. The minimum atomic E-state index is -3.85. The molecule has 1 fully saturated rings. The minimum Gasteiger partial charge on any atom is -0.352 e. The zero-order valence-electron chi connectivity index (χ0n) is 16.7. The summed E-state index contributed by atoms with van der Waals surface area (Å²) in [5.41, 5.74) is 0. The number of benzene rings is 1. The maximum atomic E-state index is 12.9. The number of rotatable bonds is 7. The summed E-state index contributed by atoms with van der Waals surface area (Å²) >= 11 is 12.1. The summed E-state index contributed by atoms with van der Waals surface area (Å²) in [6.45, 7) is 5.85. The minimum absolute atomic E-state index is 0.0342. The first-order chi connectivity index (χ1) is 13.6. The molecule has 0 spiro atoms. The topological polar surface area (TPSA) is 95.6 Å². The number of halogens is 2. The van der Waals surface area contributed by atoms with E-state index in [9.17, 15) is 18.0 Å². The summed E-state index contributed by atoms with van der Waals surface area (Å²) in [4.78, 5) is 24.5. The van der Waals surface area contributed by atoms with E-state index in [1.165, 1.54) is 16.4 Å². The SMILES string of the molecule is CCC(C)NC(=O)C(C)NC(=O)C1CCN(S(=O)(=O)c2c(Cl)cccc2Cl)CC1. The molecule has 0 aromatic heterocycles. The van der Waals surface area contributed by atoms with Crippen LogP contribution in [0.3, 0.4) is 0 Å². The Bertz CT molecular complexity index is 835. The van der Waals surface area contributed by atoms with Gasteiger partial charge in [0, 0.05) is 25.0 Å². The molecule has 0 saturated carbocycles. The number of carbonyl (C=O) groups excluding carboxylic acids is 2. The van der Waals surface area contributed by atoms with Gasteiger partial charge in [-0.2, -0.15) is 4.31 Å². The molecule has 0 bridgehead atoms. The lowest BCUT2D eigenvalue weighted by Gasteiger charge is -2.31. The summed E-state index contributed by atoms with van der Waals surface area (Å²) < 4.78 is 27.1. The molecule has 1 aliphatic heterocycles. The van der Waals surface area contributed by atoms with E-state index < -0.39 is 16.1 Å². The van der Waals surface area contributed by atoms with E-state index in [4.69, 9.17) is 23.2 Å². The van der Waals surface area contributed by atoms with Gasteiger partial charge in [0.15, 0.2) is 0 Å². The Balaban J connectivity index is 1.96. The van der Waals surface area contributed by atoms with Crippen molar-refractivity contribution < 1.29 is 18.0 Å². The van der Waals surface area contributed by atoms with Gasteiger partial charge >= 0.3 is 0 Å². The van der Waals surface area contributed by atoms with E-state index in [2.05, 4.69) is 10.6 Å². The fourth-order valence-corrected chi connectivity index (χ4v) is 5.64. The van der Waals surface area contributed by atoms with Gasteiger partial charge in [0.1, 0.15) is 10.9 Å². The molecule has 10 heteroatoms. The number of hydrogen-bond donors (Lipinski definition) is 2. The fourth-order valence-electron chi connectivity index (χ4n) is 3.08. The largest absolute Gasteiger partial charge is 0.352 e. The molecule has 2 amide bonds. The number of amides is 2. The van der Waals surface area contributed by atoms with E-state index in [1.54, 1.807) is 13.0 Å². The van der Waals surface area contributed by atoms with Gasteiger partial charge in [-0.15, -0.1) is 0 Å². The smallest absolute Gasteiger partial charge is 0.246 e. The molecule has 0 radical (unpaired) electrons.